The second-order valence-corrected chi connectivity index (χ2v) is 4.15. The molecule has 0 spiro atoms. The van der Waals surface area contributed by atoms with Crippen LogP contribution >= 0.6 is 0 Å². The maximum Gasteiger partial charge on any atom is 0.168 e. The minimum atomic E-state index is -0.353. The molecule has 0 heterocycles. The van der Waals surface area contributed by atoms with Crippen molar-refractivity contribution in [1.29, 1.82) is 0 Å². The van der Waals surface area contributed by atoms with Gasteiger partial charge >= 0.3 is 0 Å². The van der Waals surface area contributed by atoms with Crippen molar-refractivity contribution in [3.8, 4) is 5.75 Å². The van der Waals surface area contributed by atoms with E-state index in [-0.39, 0.29) is 24.1 Å². The summed E-state index contributed by atoms with van der Waals surface area (Å²) < 4.78 is 24.2. The van der Waals surface area contributed by atoms with Gasteiger partial charge in [-0.15, -0.1) is 0 Å². The molecule has 0 atom stereocenters. The lowest BCUT2D eigenvalue weighted by Crippen LogP contribution is -2.07. The van der Waals surface area contributed by atoms with E-state index in [1.54, 1.807) is 13.2 Å². The fraction of sp³-hybridized carbons (Fsp3) is 0.538. The molecule has 0 aliphatic carbocycles. The zero-order valence-electron chi connectivity index (χ0n) is 10.5. The smallest absolute Gasteiger partial charge is 0.168 e. The first-order chi connectivity index (χ1) is 8.10. The normalized spacial score (nSPS) is 10.9. The summed E-state index contributed by atoms with van der Waals surface area (Å²) in [7, 11) is 1.56. The van der Waals surface area contributed by atoms with Gasteiger partial charge in [-0.1, -0.05) is 19.9 Å². The number of aliphatic hydroxyl groups excluding tert-OH is 1. The largest absolute Gasteiger partial charge is 0.488 e. The van der Waals surface area contributed by atoms with Gasteiger partial charge in [0.2, 0.25) is 0 Å². The Kier molecular flexibility index (Phi) is 5.38. The van der Waals surface area contributed by atoms with Crippen LogP contribution in [0.3, 0.4) is 0 Å². The molecule has 0 aromatic heterocycles. The molecule has 1 aromatic carbocycles. The van der Waals surface area contributed by atoms with Gasteiger partial charge in [0.25, 0.3) is 0 Å². The summed E-state index contributed by atoms with van der Waals surface area (Å²) >= 11 is 0. The molecule has 0 saturated carbocycles. The first-order valence-electron chi connectivity index (χ1n) is 5.65. The average molecular weight is 242 g/mol. The van der Waals surface area contributed by atoms with Gasteiger partial charge in [0.05, 0.1) is 13.2 Å². The van der Waals surface area contributed by atoms with Crippen LogP contribution in [0.4, 0.5) is 4.39 Å². The number of methoxy groups -OCH3 is 1. The summed E-state index contributed by atoms with van der Waals surface area (Å²) in [4.78, 5) is 0. The zero-order chi connectivity index (χ0) is 12.8. The number of aliphatic hydroxyl groups is 1. The third-order valence-electron chi connectivity index (χ3n) is 2.48. The van der Waals surface area contributed by atoms with Crippen LogP contribution in [-0.2, 0) is 11.3 Å². The van der Waals surface area contributed by atoms with Gasteiger partial charge in [0.1, 0.15) is 6.61 Å². The molecular formula is C13H19FO3. The molecule has 1 N–H and O–H groups in total. The molecule has 3 nitrogen and oxygen atoms in total. The predicted molar refractivity (Wildman–Crippen MR) is 63.8 cm³/mol. The summed E-state index contributed by atoms with van der Waals surface area (Å²) in [5.41, 5.74) is 1.21. The molecule has 17 heavy (non-hydrogen) atoms. The molecular weight excluding hydrogens is 223 g/mol. The Morgan fingerprint density at radius 1 is 1.29 bits per heavy atom. The Balaban J connectivity index is 2.97. The fourth-order valence-electron chi connectivity index (χ4n) is 1.53. The average Bonchev–Trinajstić information content (AvgIpc) is 2.31. The van der Waals surface area contributed by atoms with E-state index in [0.29, 0.717) is 24.3 Å². The van der Waals surface area contributed by atoms with E-state index in [1.165, 1.54) is 6.07 Å². The molecule has 0 radical (unpaired) electrons. The number of hydrogen-bond acceptors (Lipinski definition) is 3. The Bertz CT molecular complexity index is 364. The Morgan fingerprint density at radius 3 is 2.53 bits per heavy atom. The Morgan fingerprint density at radius 2 is 2.00 bits per heavy atom. The second kappa shape index (κ2) is 6.57. The zero-order valence-corrected chi connectivity index (χ0v) is 10.5. The first-order valence-corrected chi connectivity index (χ1v) is 5.65. The molecule has 0 aliphatic rings. The Hall–Kier alpha value is -1.13. The van der Waals surface area contributed by atoms with Crippen LogP contribution < -0.4 is 4.74 Å². The van der Waals surface area contributed by atoms with Crippen LogP contribution in [0.1, 0.15) is 30.9 Å². The van der Waals surface area contributed by atoms with E-state index in [9.17, 15) is 4.39 Å². The van der Waals surface area contributed by atoms with E-state index in [1.807, 2.05) is 13.8 Å². The third kappa shape index (κ3) is 3.68. The topological polar surface area (TPSA) is 38.7 Å². The number of ether oxygens (including phenoxy) is 2. The van der Waals surface area contributed by atoms with Crippen molar-refractivity contribution in [1.82, 2.24) is 0 Å². The van der Waals surface area contributed by atoms with Crippen molar-refractivity contribution in [2.45, 2.75) is 26.4 Å². The monoisotopic (exact) mass is 242 g/mol. The summed E-state index contributed by atoms with van der Waals surface area (Å²) in [6.45, 7) is 4.37. The van der Waals surface area contributed by atoms with E-state index < -0.39 is 0 Å². The summed E-state index contributed by atoms with van der Waals surface area (Å²) in [5, 5.41) is 9.13. The maximum atomic E-state index is 14.0. The number of benzene rings is 1. The van der Waals surface area contributed by atoms with E-state index >= 15 is 0 Å². The highest BCUT2D eigenvalue weighted by molar-refractivity contribution is 5.37. The van der Waals surface area contributed by atoms with Gasteiger partial charge in [-0.3, -0.25) is 0 Å². The first kappa shape index (κ1) is 13.9. The molecule has 0 amide bonds. The molecule has 0 fully saturated rings. The fourth-order valence-corrected chi connectivity index (χ4v) is 1.53. The molecule has 96 valence electrons. The predicted octanol–water partition coefficient (Wildman–Crippen LogP) is 2.47. The van der Waals surface area contributed by atoms with E-state index in [2.05, 4.69) is 0 Å². The van der Waals surface area contributed by atoms with Crippen LogP contribution in [0.2, 0.25) is 0 Å². The number of rotatable bonds is 6. The van der Waals surface area contributed by atoms with Gasteiger partial charge in [-0.2, -0.15) is 0 Å². The summed E-state index contributed by atoms with van der Waals surface area (Å²) in [5.74, 6) is -0.128. The van der Waals surface area contributed by atoms with Crippen LogP contribution in [0.5, 0.6) is 5.75 Å². The molecule has 1 aromatic rings. The van der Waals surface area contributed by atoms with Crippen molar-refractivity contribution in [2.24, 2.45) is 0 Å². The third-order valence-corrected chi connectivity index (χ3v) is 2.48. The van der Waals surface area contributed by atoms with E-state index in [0.717, 1.165) is 0 Å². The van der Waals surface area contributed by atoms with Crippen molar-refractivity contribution in [3.63, 3.8) is 0 Å². The molecule has 0 saturated heterocycles. The quantitative estimate of drug-likeness (QED) is 0.779. The van der Waals surface area contributed by atoms with Crippen LogP contribution in [-0.4, -0.2) is 25.4 Å². The standard InChI is InChI=1S/C13H19FO3/c1-9(2)11-6-10(8-15)7-12(13(11)14)17-5-4-16-3/h6-7,9,15H,4-5,8H2,1-3H3. The second-order valence-electron chi connectivity index (χ2n) is 4.15. The van der Waals surface area contributed by atoms with Crippen molar-refractivity contribution >= 4 is 0 Å². The van der Waals surface area contributed by atoms with Gasteiger partial charge in [-0.05, 0) is 23.1 Å². The number of hydrogen-bond donors (Lipinski definition) is 1. The van der Waals surface area contributed by atoms with Gasteiger partial charge in [-0.25, -0.2) is 4.39 Å². The summed E-state index contributed by atoms with van der Waals surface area (Å²) in [6.07, 6.45) is 0. The van der Waals surface area contributed by atoms with Gasteiger partial charge in [0, 0.05) is 7.11 Å². The lowest BCUT2D eigenvalue weighted by Gasteiger charge is -2.14. The molecule has 0 unspecified atom stereocenters. The highest BCUT2D eigenvalue weighted by atomic mass is 19.1. The van der Waals surface area contributed by atoms with Crippen LogP contribution in [0.15, 0.2) is 12.1 Å². The van der Waals surface area contributed by atoms with Crippen LogP contribution in [0.25, 0.3) is 0 Å². The molecule has 1 rings (SSSR count). The van der Waals surface area contributed by atoms with E-state index in [4.69, 9.17) is 14.6 Å². The number of halogens is 1. The minimum Gasteiger partial charge on any atom is -0.488 e. The van der Waals surface area contributed by atoms with Crippen molar-refractivity contribution in [3.05, 3.63) is 29.1 Å². The SMILES string of the molecule is COCCOc1cc(CO)cc(C(C)C)c1F. The van der Waals surface area contributed by atoms with Gasteiger partial charge < -0.3 is 14.6 Å². The minimum absolute atomic E-state index is 0.0475. The highest BCUT2D eigenvalue weighted by Gasteiger charge is 2.14. The lowest BCUT2D eigenvalue weighted by molar-refractivity contribution is 0.143. The lowest BCUT2D eigenvalue weighted by atomic mass is 9.99. The van der Waals surface area contributed by atoms with Crippen molar-refractivity contribution < 1.29 is 19.0 Å². The molecule has 4 heteroatoms. The molecule has 0 aliphatic heterocycles. The maximum absolute atomic E-state index is 14.0. The van der Waals surface area contributed by atoms with Crippen LogP contribution in [0, 0.1) is 5.82 Å². The highest BCUT2D eigenvalue weighted by Crippen LogP contribution is 2.28. The Labute approximate surface area is 101 Å². The molecule has 0 bridgehead atoms. The summed E-state index contributed by atoms with van der Waals surface area (Å²) in [6, 6.07) is 3.19. The van der Waals surface area contributed by atoms with Crippen molar-refractivity contribution in [2.75, 3.05) is 20.3 Å². The van der Waals surface area contributed by atoms with Gasteiger partial charge in [0.15, 0.2) is 11.6 Å².